The summed E-state index contributed by atoms with van der Waals surface area (Å²) in [5.74, 6) is -0.276. The summed E-state index contributed by atoms with van der Waals surface area (Å²) < 4.78 is 0. The monoisotopic (exact) mass is 562 g/mol. The van der Waals surface area contributed by atoms with Gasteiger partial charge in [0.25, 0.3) is 5.91 Å². The molecule has 1 fully saturated rings. The van der Waals surface area contributed by atoms with Crippen LogP contribution in [0.3, 0.4) is 0 Å². The Morgan fingerprint density at radius 1 is 0.923 bits per heavy atom. The Bertz CT molecular complexity index is 866. The Labute approximate surface area is 241 Å². The smallest absolute Gasteiger partial charge is 0.331 e. The first kappa shape index (κ1) is 33.1. The molecule has 220 valence electrons. The number of benzene rings is 1. The van der Waals surface area contributed by atoms with Gasteiger partial charge in [0.2, 0.25) is 5.91 Å². The molecule has 1 heterocycles. The van der Waals surface area contributed by atoms with Crippen LogP contribution in [0.15, 0.2) is 24.3 Å². The maximum absolute atomic E-state index is 13.0. The summed E-state index contributed by atoms with van der Waals surface area (Å²) >= 11 is 6.06. The Hall–Kier alpha value is -2.12. The topological polar surface area (TPSA) is 95.7 Å². The molecule has 0 bridgehead atoms. The van der Waals surface area contributed by atoms with Gasteiger partial charge in [-0.2, -0.15) is 0 Å². The first-order chi connectivity index (χ1) is 19.0. The van der Waals surface area contributed by atoms with Gasteiger partial charge in [-0.1, -0.05) is 108 Å². The first-order valence-corrected chi connectivity index (χ1v) is 15.7. The molecular formula is C31H51ClN4O3. The number of nitrogens with zero attached hydrogens (tertiary/aromatic N) is 2. The molecule has 39 heavy (non-hydrogen) atoms. The van der Waals surface area contributed by atoms with Gasteiger partial charge in [-0.25, -0.2) is 9.69 Å². The van der Waals surface area contributed by atoms with Crippen molar-refractivity contribution in [3.63, 3.8) is 0 Å². The lowest BCUT2D eigenvalue weighted by Crippen LogP contribution is -2.45. The third kappa shape index (κ3) is 13.2. The second-order valence-corrected chi connectivity index (χ2v) is 11.4. The predicted octanol–water partition coefficient (Wildman–Crippen LogP) is 7.20. The molecule has 3 N–H and O–H groups in total. The van der Waals surface area contributed by atoms with Gasteiger partial charge >= 0.3 is 6.03 Å². The van der Waals surface area contributed by atoms with E-state index in [1.807, 2.05) is 0 Å². The number of carbonyl (C=O) groups is 3. The molecule has 1 aliphatic heterocycles. The highest BCUT2D eigenvalue weighted by molar-refractivity contribution is 6.31. The summed E-state index contributed by atoms with van der Waals surface area (Å²) in [4.78, 5) is 41.1. The summed E-state index contributed by atoms with van der Waals surface area (Å²) in [6.45, 7) is 3.14. The number of nitrogens with one attached hydrogen (secondary N) is 1. The first-order valence-electron chi connectivity index (χ1n) is 15.3. The molecule has 2 rings (SSSR count). The zero-order valence-electron chi connectivity index (χ0n) is 24.1. The molecule has 0 unspecified atom stereocenters. The lowest BCUT2D eigenvalue weighted by Gasteiger charge is -2.24. The third-order valence-corrected chi connectivity index (χ3v) is 7.66. The number of anilines is 1. The summed E-state index contributed by atoms with van der Waals surface area (Å²) in [5.41, 5.74) is 6.13. The van der Waals surface area contributed by atoms with Crippen molar-refractivity contribution in [2.24, 2.45) is 5.73 Å². The number of carbonyl (C=O) groups excluding carboxylic acids is 3. The molecule has 7 nitrogen and oxygen atoms in total. The van der Waals surface area contributed by atoms with Crippen molar-refractivity contribution in [2.75, 3.05) is 24.5 Å². The van der Waals surface area contributed by atoms with Crippen LogP contribution in [-0.2, 0) is 9.59 Å². The molecule has 0 radical (unpaired) electrons. The fraction of sp³-hybridized carbons (Fsp3) is 0.710. The molecule has 1 atom stereocenters. The van der Waals surface area contributed by atoms with Crippen molar-refractivity contribution in [1.29, 1.82) is 0 Å². The number of halogens is 1. The fourth-order valence-corrected chi connectivity index (χ4v) is 5.36. The highest BCUT2D eigenvalue weighted by Crippen LogP contribution is 2.25. The van der Waals surface area contributed by atoms with E-state index in [2.05, 4.69) is 12.2 Å². The number of hydrogen-bond donors (Lipinski definition) is 2. The van der Waals surface area contributed by atoms with Crippen LogP contribution in [0.4, 0.5) is 10.5 Å². The van der Waals surface area contributed by atoms with Gasteiger partial charge in [0.15, 0.2) is 0 Å². The number of nitrogens with two attached hydrogens (primary N) is 1. The van der Waals surface area contributed by atoms with E-state index < -0.39 is 0 Å². The molecule has 0 aromatic heterocycles. The Balaban J connectivity index is 1.68. The van der Waals surface area contributed by atoms with Gasteiger partial charge in [-0.05, 0) is 44.0 Å². The van der Waals surface area contributed by atoms with Crippen molar-refractivity contribution < 1.29 is 14.4 Å². The summed E-state index contributed by atoms with van der Waals surface area (Å²) in [7, 11) is 0. The van der Waals surface area contributed by atoms with E-state index in [0.29, 0.717) is 30.2 Å². The van der Waals surface area contributed by atoms with Crippen LogP contribution in [0.2, 0.25) is 5.02 Å². The Kier molecular flexibility index (Phi) is 16.9. The summed E-state index contributed by atoms with van der Waals surface area (Å²) in [6, 6.07) is 6.14. The predicted molar refractivity (Wildman–Crippen MR) is 161 cm³/mol. The number of unbranched alkanes of at least 4 members (excludes halogenated alkanes) is 13. The lowest BCUT2D eigenvalue weighted by atomic mass is 10.0. The van der Waals surface area contributed by atoms with E-state index in [1.54, 1.807) is 24.3 Å². The van der Waals surface area contributed by atoms with E-state index in [1.165, 1.54) is 75.5 Å². The van der Waals surface area contributed by atoms with Crippen LogP contribution in [-0.4, -0.2) is 48.4 Å². The summed E-state index contributed by atoms with van der Waals surface area (Å²) in [5, 5.41) is 3.59. The molecule has 0 spiro atoms. The van der Waals surface area contributed by atoms with E-state index in [-0.39, 0.29) is 30.4 Å². The number of imide groups is 1. The minimum absolute atomic E-state index is 0.00648. The van der Waals surface area contributed by atoms with E-state index >= 15 is 0 Å². The van der Waals surface area contributed by atoms with Gasteiger partial charge in [0.1, 0.15) is 6.54 Å². The van der Waals surface area contributed by atoms with Crippen molar-refractivity contribution in [3.05, 3.63) is 29.3 Å². The van der Waals surface area contributed by atoms with Crippen LogP contribution in [0.1, 0.15) is 116 Å². The number of rotatable bonds is 22. The normalized spacial score (nSPS) is 14.3. The Morgan fingerprint density at radius 3 is 2.13 bits per heavy atom. The molecule has 1 saturated heterocycles. The van der Waals surface area contributed by atoms with Gasteiger partial charge < -0.3 is 16.0 Å². The maximum atomic E-state index is 13.0. The van der Waals surface area contributed by atoms with Crippen LogP contribution in [0, 0.1) is 0 Å². The fourth-order valence-electron chi connectivity index (χ4n) is 5.18. The molecule has 1 aliphatic rings. The molecule has 0 aliphatic carbocycles. The zero-order valence-corrected chi connectivity index (χ0v) is 24.9. The summed E-state index contributed by atoms with van der Waals surface area (Å²) in [6.07, 6.45) is 19.4. The second kappa shape index (κ2) is 19.9. The maximum Gasteiger partial charge on any atom is 0.331 e. The minimum Gasteiger partial charge on any atom is -0.352 e. The highest BCUT2D eigenvalue weighted by Gasteiger charge is 2.38. The molecule has 1 aromatic rings. The average Bonchev–Trinajstić information content (AvgIpc) is 3.19. The van der Waals surface area contributed by atoms with Crippen molar-refractivity contribution in [1.82, 2.24) is 10.2 Å². The van der Waals surface area contributed by atoms with Crippen molar-refractivity contribution in [3.8, 4) is 0 Å². The Morgan fingerprint density at radius 2 is 1.54 bits per heavy atom. The van der Waals surface area contributed by atoms with Crippen LogP contribution in [0.5, 0.6) is 0 Å². The van der Waals surface area contributed by atoms with Crippen LogP contribution >= 0.6 is 11.6 Å². The van der Waals surface area contributed by atoms with Gasteiger partial charge in [0, 0.05) is 24.0 Å². The number of amides is 4. The van der Waals surface area contributed by atoms with Gasteiger partial charge in [0.05, 0.1) is 5.69 Å². The van der Waals surface area contributed by atoms with Gasteiger partial charge in [-0.15, -0.1) is 0 Å². The SMILES string of the molecule is CCCCCCCCCCCCCCCC(=O)N[C@@H](CCCCN)CN1CC(=O)N(c2cccc(Cl)c2)C1=O. The molecular weight excluding hydrogens is 512 g/mol. The zero-order chi connectivity index (χ0) is 28.3. The third-order valence-electron chi connectivity index (χ3n) is 7.42. The molecule has 4 amide bonds. The quantitative estimate of drug-likeness (QED) is 0.115. The van der Waals surface area contributed by atoms with Gasteiger partial charge in [-0.3, -0.25) is 9.59 Å². The lowest BCUT2D eigenvalue weighted by molar-refractivity contribution is -0.122. The highest BCUT2D eigenvalue weighted by atomic mass is 35.5. The standard InChI is InChI=1S/C31H51ClN4O3/c1-2-3-4-5-6-7-8-9-10-11-12-13-14-21-29(37)34-27(19-15-16-22-33)24-35-25-30(38)36(31(35)39)28-20-17-18-26(32)23-28/h17-18,20,23,27H,2-16,19,21-22,24-25,33H2,1H3,(H,34,37)/t27-/m0/s1. The minimum atomic E-state index is -0.378. The molecule has 8 heteroatoms. The second-order valence-electron chi connectivity index (χ2n) is 10.9. The van der Waals surface area contributed by atoms with E-state index in [4.69, 9.17) is 17.3 Å². The largest absolute Gasteiger partial charge is 0.352 e. The number of hydrogen-bond acceptors (Lipinski definition) is 4. The molecule has 0 saturated carbocycles. The van der Waals surface area contributed by atoms with Crippen LogP contribution < -0.4 is 16.0 Å². The molecule has 1 aromatic carbocycles. The van der Waals surface area contributed by atoms with E-state index in [9.17, 15) is 14.4 Å². The average molecular weight is 563 g/mol. The van der Waals surface area contributed by atoms with Crippen LogP contribution in [0.25, 0.3) is 0 Å². The van der Waals surface area contributed by atoms with Crippen molar-refractivity contribution >= 4 is 35.1 Å². The number of urea groups is 1. The van der Waals surface area contributed by atoms with E-state index in [0.717, 1.165) is 37.0 Å². The van der Waals surface area contributed by atoms with Crippen molar-refractivity contribution in [2.45, 2.75) is 122 Å².